The van der Waals surface area contributed by atoms with Gasteiger partial charge in [-0.15, -0.1) is 0 Å². The van der Waals surface area contributed by atoms with Gasteiger partial charge in [0.05, 0.1) is 11.5 Å². The van der Waals surface area contributed by atoms with Gasteiger partial charge < -0.3 is 15.4 Å². The second kappa shape index (κ2) is 5.80. The molecule has 110 valence electrons. The first-order valence-electron chi connectivity index (χ1n) is 7.56. The van der Waals surface area contributed by atoms with E-state index in [0.717, 1.165) is 38.6 Å². The fourth-order valence-corrected chi connectivity index (χ4v) is 3.65. The third-order valence-corrected chi connectivity index (χ3v) is 5.02. The number of piperidine rings is 1. The second-order valence-corrected chi connectivity index (χ2v) is 6.62. The molecule has 0 radical (unpaired) electrons. The summed E-state index contributed by atoms with van der Waals surface area (Å²) in [6.07, 6.45) is 5.31. The number of amides is 1. The van der Waals surface area contributed by atoms with E-state index >= 15 is 0 Å². The highest BCUT2D eigenvalue weighted by Crippen LogP contribution is 2.32. The summed E-state index contributed by atoms with van der Waals surface area (Å²) in [5.74, 6) is 0.669. The topological polar surface area (TPSA) is 55.6 Å². The SMILES string of the molecule is COC1(C)CCCN(C(=O)C2C(C)CCCC2N)C1. The number of methoxy groups -OCH3 is 1. The lowest BCUT2D eigenvalue weighted by molar-refractivity contribution is -0.146. The Morgan fingerprint density at radius 3 is 2.74 bits per heavy atom. The van der Waals surface area contributed by atoms with E-state index in [1.54, 1.807) is 7.11 Å². The van der Waals surface area contributed by atoms with Gasteiger partial charge in [-0.25, -0.2) is 0 Å². The Labute approximate surface area is 116 Å². The molecule has 4 heteroatoms. The normalized spacial score (nSPS) is 40.2. The van der Waals surface area contributed by atoms with Crippen LogP contribution in [0.1, 0.15) is 46.0 Å². The van der Waals surface area contributed by atoms with Crippen LogP contribution in [0.2, 0.25) is 0 Å². The molecule has 19 heavy (non-hydrogen) atoms. The highest BCUT2D eigenvalue weighted by molar-refractivity contribution is 5.80. The summed E-state index contributed by atoms with van der Waals surface area (Å²) in [5.41, 5.74) is 6.01. The maximum Gasteiger partial charge on any atom is 0.227 e. The Morgan fingerprint density at radius 1 is 1.37 bits per heavy atom. The van der Waals surface area contributed by atoms with E-state index in [1.165, 1.54) is 0 Å². The van der Waals surface area contributed by atoms with E-state index in [4.69, 9.17) is 10.5 Å². The molecule has 2 aliphatic rings. The van der Waals surface area contributed by atoms with Gasteiger partial charge in [-0.1, -0.05) is 13.3 Å². The molecule has 0 spiro atoms. The van der Waals surface area contributed by atoms with Crippen LogP contribution in [0.5, 0.6) is 0 Å². The summed E-state index contributed by atoms with van der Waals surface area (Å²) in [4.78, 5) is 14.8. The van der Waals surface area contributed by atoms with E-state index in [1.807, 2.05) is 4.90 Å². The summed E-state index contributed by atoms with van der Waals surface area (Å²) in [6, 6.07) is 0.0342. The van der Waals surface area contributed by atoms with Crippen LogP contribution in [-0.4, -0.2) is 42.6 Å². The number of hydrogen-bond acceptors (Lipinski definition) is 3. The van der Waals surface area contributed by atoms with Crippen molar-refractivity contribution in [2.45, 2.75) is 57.6 Å². The van der Waals surface area contributed by atoms with Gasteiger partial charge in [-0.05, 0) is 38.5 Å². The van der Waals surface area contributed by atoms with Gasteiger partial charge >= 0.3 is 0 Å². The van der Waals surface area contributed by atoms with E-state index in [0.29, 0.717) is 12.5 Å². The minimum absolute atomic E-state index is 0.00737. The van der Waals surface area contributed by atoms with Crippen molar-refractivity contribution in [3.63, 3.8) is 0 Å². The van der Waals surface area contributed by atoms with Crippen molar-refractivity contribution in [1.29, 1.82) is 0 Å². The zero-order valence-electron chi connectivity index (χ0n) is 12.5. The Balaban J connectivity index is 2.06. The fraction of sp³-hybridized carbons (Fsp3) is 0.933. The molecule has 0 aromatic rings. The molecule has 0 aromatic carbocycles. The van der Waals surface area contributed by atoms with Crippen molar-refractivity contribution in [3.8, 4) is 0 Å². The van der Waals surface area contributed by atoms with Crippen LogP contribution in [0.3, 0.4) is 0 Å². The molecule has 4 nitrogen and oxygen atoms in total. The van der Waals surface area contributed by atoms with Crippen LogP contribution in [0.15, 0.2) is 0 Å². The second-order valence-electron chi connectivity index (χ2n) is 6.62. The molecule has 1 aliphatic heterocycles. The fourth-order valence-electron chi connectivity index (χ4n) is 3.65. The van der Waals surface area contributed by atoms with Crippen LogP contribution in [0.4, 0.5) is 0 Å². The number of rotatable bonds is 2. The van der Waals surface area contributed by atoms with Crippen molar-refractivity contribution in [2.75, 3.05) is 20.2 Å². The number of ether oxygens (including phenoxy) is 1. The summed E-state index contributed by atoms with van der Waals surface area (Å²) >= 11 is 0. The summed E-state index contributed by atoms with van der Waals surface area (Å²) in [7, 11) is 1.74. The molecule has 1 saturated heterocycles. The maximum absolute atomic E-state index is 12.8. The maximum atomic E-state index is 12.8. The number of nitrogens with two attached hydrogens (primary N) is 1. The van der Waals surface area contributed by atoms with Crippen molar-refractivity contribution in [1.82, 2.24) is 4.90 Å². The molecule has 0 bridgehead atoms. The standard InChI is InChI=1S/C15H28N2O2/c1-11-6-4-7-12(16)13(11)14(18)17-9-5-8-15(2,10-17)19-3/h11-13H,4-10,16H2,1-3H3. The van der Waals surface area contributed by atoms with E-state index in [-0.39, 0.29) is 23.5 Å². The zero-order valence-corrected chi connectivity index (χ0v) is 12.5. The van der Waals surface area contributed by atoms with Crippen LogP contribution in [0, 0.1) is 11.8 Å². The monoisotopic (exact) mass is 268 g/mol. The third-order valence-electron chi connectivity index (χ3n) is 5.02. The molecule has 1 aliphatic carbocycles. The van der Waals surface area contributed by atoms with E-state index in [9.17, 15) is 4.79 Å². The molecule has 4 unspecified atom stereocenters. The molecule has 2 fully saturated rings. The van der Waals surface area contributed by atoms with Gasteiger partial charge in [0.25, 0.3) is 0 Å². The first-order valence-corrected chi connectivity index (χ1v) is 7.56. The predicted molar refractivity (Wildman–Crippen MR) is 75.7 cm³/mol. The minimum Gasteiger partial charge on any atom is -0.377 e. The lowest BCUT2D eigenvalue weighted by Gasteiger charge is -2.43. The molecule has 1 saturated carbocycles. The van der Waals surface area contributed by atoms with Gasteiger partial charge in [0.1, 0.15) is 0 Å². The van der Waals surface area contributed by atoms with E-state index in [2.05, 4.69) is 13.8 Å². The van der Waals surface area contributed by atoms with Gasteiger partial charge in [0.15, 0.2) is 0 Å². The van der Waals surface area contributed by atoms with Crippen LogP contribution >= 0.6 is 0 Å². The van der Waals surface area contributed by atoms with E-state index < -0.39 is 0 Å². The first-order chi connectivity index (χ1) is 8.97. The molecular weight excluding hydrogens is 240 g/mol. The van der Waals surface area contributed by atoms with Gasteiger partial charge in [0.2, 0.25) is 5.91 Å². The summed E-state index contributed by atoms with van der Waals surface area (Å²) in [5, 5.41) is 0. The Kier molecular flexibility index (Phi) is 4.51. The number of carbonyl (C=O) groups is 1. The Bertz CT molecular complexity index is 324. The van der Waals surface area contributed by atoms with Gasteiger partial charge in [-0.2, -0.15) is 0 Å². The van der Waals surface area contributed by atoms with Crippen LogP contribution in [-0.2, 0) is 9.53 Å². The molecule has 0 aromatic heterocycles. The summed E-state index contributed by atoms with van der Waals surface area (Å²) in [6.45, 7) is 5.82. The minimum atomic E-state index is -0.185. The van der Waals surface area contributed by atoms with Crippen LogP contribution in [0.25, 0.3) is 0 Å². The van der Waals surface area contributed by atoms with Gasteiger partial charge in [0, 0.05) is 26.2 Å². The number of hydrogen-bond donors (Lipinski definition) is 1. The highest BCUT2D eigenvalue weighted by atomic mass is 16.5. The van der Waals surface area contributed by atoms with Crippen molar-refractivity contribution < 1.29 is 9.53 Å². The zero-order chi connectivity index (χ0) is 14.0. The van der Waals surface area contributed by atoms with Crippen molar-refractivity contribution in [2.24, 2.45) is 17.6 Å². The molecule has 1 heterocycles. The Hall–Kier alpha value is -0.610. The molecule has 1 amide bonds. The Morgan fingerprint density at radius 2 is 2.11 bits per heavy atom. The van der Waals surface area contributed by atoms with Crippen molar-refractivity contribution >= 4 is 5.91 Å². The lowest BCUT2D eigenvalue weighted by Crippen LogP contribution is -2.55. The summed E-state index contributed by atoms with van der Waals surface area (Å²) < 4.78 is 5.57. The largest absolute Gasteiger partial charge is 0.377 e. The van der Waals surface area contributed by atoms with Crippen molar-refractivity contribution in [3.05, 3.63) is 0 Å². The number of nitrogens with zero attached hydrogens (tertiary/aromatic N) is 1. The number of likely N-dealkylation sites (tertiary alicyclic amines) is 1. The highest BCUT2D eigenvalue weighted by Gasteiger charge is 2.40. The molecular formula is C15H28N2O2. The molecule has 2 N–H and O–H groups in total. The first kappa shape index (κ1) is 14.8. The average molecular weight is 268 g/mol. The van der Waals surface area contributed by atoms with Crippen LogP contribution < -0.4 is 5.73 Å². The third kappa shape index (κ3) is 3.11. The quantitative estimate of drug-likeness (QED) is 0.830. The molecule has 2 rings (SSSR count). The predicted octanol–water partition coefficient (Wildman–Crippen LogP) is 1.78. The van der Waals surface area contributed by atoms with Gasteiger partial charge in [-0.3, -0.25) is 4.79 Å². The smallest absolute Gasteiger partial charge is 0.227 e. The lowest BCUT2D eigenvalue weighted by atomic mass is 9.76. The average Bonchev–Trinajstić information content (AvgIpc) is 2.38. The number of carbonyl (C=O) groups excluding carboxylic acids is 1. The molecule has 4 atom stereocenters.